The van der Waals surface area contributed by atoms with Crippen molar-refractivity contribution in [2.24, 2.45) is 0 Å². The zero-order valence-electron chi connectivity index (χ0n) is 26.0. The summed E-state index contributed by atoms with van der Waals surface area (Å²) in [6.45, 7) is 0.135. The SMILES string of the molecule is COC(=O)c1ccc(NC(=O)CC(CNS(=O)(=O)c2ccc(Oc3ccccc3)cc2)c2ccc(Cl)cc2)cc1OCc1ccccc1. The predicted octanol–water partition coefficient (Wildman–Crippen LogP) is 7.59. The van der Waals surface area contributed by atoms with E-state index in [4.69, 9.17) is 25.8 Å². The van der Waals surface area contributed by atoms with Gasteiger partial charge in [0.25, 0.3) is 0 Å². The molecule has 0 bridgehead atoms. The van der Waals surface area contributed by atoms with Gasteiger partial charge < -0.3 is 19.5 Å². The third-order valence-electron chi connectivity index (χ3n) is 7.31. The molecule has 0 saturated heterocycles. The quantitative estimate of drug-likeness (QED) is 0.116. The standard InChI is InChI=1S/C37H33ClN2O7S/c1-45-37(42)34-21-16-30(23-35(34)46-25-26-8-4-2-5-9-26)40-36(41)22-28(27-12-14-29(38)15-13-27)24-39-48(43,44)33-19-17-32(18-20-33)47-31-10-6-3-7-11-31/h2-21,23,28,39H,22,24-25H2,1H3,(H,40,41). The third-order valence-corrected chi connectivity index (χ3v) is 9.01. The van der Waals surface area contributed by atoms with E-state index in [1.807, 2.05) is 48.5 Å². The molecule has 5 aromatic carbocycles. The maximum Gasteiger partial charge on any atom is 0.341 e. The Labute approximate surface area is 284 Å². The number of ether oxygens (including phenoxy) is 3. The molecular weight excluding hydrogens is 652 g/mol. The highest BCUT2D eigenvalue weighted by Crippen LogP contribution is 2.28. The Hall–Kier alpha value is -5.16. The fourth-order valence-corrected chi connectivity index (χ4v) is 6.02. The van der Waals surface area contributed by atoms with Gasteiger partial charge in [0.2, 0.25) is 15.9 Å². The number of hydrogen-bond acceptors (Lipinski definition) is 7. The van der Waals surface area contributed by atoms with Crippen molar-refractivity contribution in [2.45, 2.75) is 23.8 Å². The Bertz CT molecular complexity index is 1940. The molecule has 0 fully saturated rings. The Kier molecular flexibility index (Phi) is 11.5. The molecule has 0 heterocycles. The number of carbonyl (C=O) groups excluding carboxylic acids is 2. The van der Waals surface area contributed by atoms with Gasteiger partial charge in [-0.2, -0.15) is 0 Å². The van der Waals surface area contributed by atoms with Crippen LogP contribution in [-0.4, -0.2) is 33.9 Å². The van der Waals surface area contributed by atoms with Gasteiger partial charge in [-0.3, -0.25) is 4.79 Å². The van der Waals surface area contributed by atoms with Crippen LogP contribution in [0.25, 0.3) is 0 Å². The van der Waals surface area contributed by atoms with Crippen LogP contribution < -0.4 is 19.5 Å². The molecule has 0 spiro atoms. The zero-order valence-corrected chi connectivity index (χ0v) is 27.5. The van der Waals surface area contributed by atoms with E-state index in [-0.39, 0.29) is 41.7 Å². The summed E-state index contributed by atoms with van der Waals surface area (Å²) in [5, 5.41) is 3.35. The molecule has 246 valence electrons. The van der Waals surface area contributed by atoms with Gasteiger partial charge in [-0.1, -0.05) is 72.3 Å². The number of sulfonamides is 1. The number of anilines is 1. The molecule has 0 aliphatic heterocycles. The van der Waals surface area contributed by atoms with Gasteiger partial charge in [0.1, 0.15) is 29.4 Å². The van der Waals surface area contributed by atoms with Crippen LogP contribution in [0.4, 0.5) is 5.69 Å². The second-order valence-corrected chi connectivity index (χ2v) is 12.9. The van der Waals surface area contributed by atoms with Crippen molar-refractivity contribution in [3.05, 3.63) is 149 Å². The fraction of sp³-hybridized carbons (Fsp3) is 0.135. The van der Waals surface area contributed by atoms with Crippen LogP contribution in [0.2, 0.25) is 5.02 Å². The van der Waals surface area contributed by atoms with Crippen LogP contribution in [0.15, 0.2) is 132 Å². The van der Waals surface area contributed by atoms with Gasteiger partial charge in [-0.15, -0.1) is 0 Å². The van der Waals surface area contributed by atoms with Gasteiger partial charge >= 0.3 is 5.97 Å². The first-order chi connectivity index (χ1) is 23.2. The van der Waals surface area contributed by atoms with Crippen LogP contribution in [0.3, 0.4) is 0 Å². The summed E-state index contributed by atoms with van der Waals surface area (Å²) in [5.74, 6) is -0.137. The van der Waals surface area contributed by atoms with E-state index < -0.39 is 21.9 Å². The molecule has 2 N–H and O–H groups in total. The van der Waals surface area contributed by atoms with E-state index in [0.717, 1.165) is 11.1 Å². The lowest BCUT2D eigenvalue weighted by atomic mass is 9.95. The van der Waals surface area contributed by atoms with Crippen molar-refractivity contribution in [3.8, 4) is 17.2 Å². The van der Waals surface area contributed by atoms with E-state index in [1.165, 1.54) is 25.3 Å². The van der Waals surface area contributed by atoms with E-state index >= 15 is 0 Å². The Morgan fingerprint density at radius 3 is 2.10 bits per heavy atom. The van der Waals surface area contributed by atoms with Crippen LogP contribution >= 0.6 is 11.6 Å². The van der Waals surface area contributed by atoms with Crippen molar-refractivity contribution in [2.75, 3.05) is 19.0 Å². The summed E-state index contributed by atoms with van der Waals surface area (Å²) < 4.78 is 45.8. The number of esters is 1. The normalized spacial score (nSPS) is 11.7. The highest BCUT2D eigenvalue weighted by Gasteiger charge is 2.22. The first kappa shape index (κ1) is 34.2. The Balaban J connectivity index is 1.28. The first-order valence-corrected chi connectivity index (χ1v) is 16.8. The molecule has 0 aliphatic rings. The number of carbonyl (C=O) groups is 2. The molecule has 1 atom stereocenters. The minimum absolute atomic E-state index is 0.0518. The van der Waals surface area contributed by atoms with Crippen molar-refractivity contribution in [1.29, 1.82) is 0 Å². The summed E-state index contributed by atoms with van der Waals surface area (Å²) in [6, 6.07) is 36.2. The number of nitrogens with one attached hydrogen (secondary N) is 2. The van der Waals surface area contributed by atoms with E-state index in [2.05, 4.69) is 10.0 Å². The average Bonchev–Trinajstić information content (AvgIpc) is 3.10. The third kappa shape index (κ3) is 9.45. The first-order valence-electron chi connectivity index (χ1n) is 15.0. The molecule has 48 heavy (non-hydrogen) atoms. The van der Waals surface area contributed by atoms with Crippen LogP contribution in [-0.2, 0) is 26.2 Å². The van der Waals surface area contributed by atoms with Crippen molar-refractivity contribution in [1.82, 2.24) is 4.72 Å². The van der Waals surface area contributed by atoms with Gasteiger partial charge in [-0.25, -0.2) is 17.9 Å². The molecule has 11 heteroatoms. The number of halogens is 1. The molecule has 5 rings (SSSR count). The summed E-state index contributed by atoms with van der Waals surface area (Å²) >= 11 is 6.10. The maximum atomic E-state index is 13.4. The van der Waals surface area contributed by atoms with Crippen molar-refractivity contribution < 1.29 is 32.2 Å². The molecule has 1 amide bonds. The van der Waals surface area contributed by atoms with Crippen LogP contribution in [0.1, 0.15) is 33.8 Å². The monoisotopic (exact) mass is 684 g/mol. The minimum atomic E-state index is -3.93. The molecule has 0 aliphatic carbocycles. The van der Waals surface area contributed by atoms with E-state index in [1.54, 1.807) is 60.7 Å². The van der Waals surface area contributed by atoms with Crippen LogP contribution in [0, 0.1) is 0 Å². The van der Waals surface area contributed by atoms with Gasteiger partial charge in [0.05, 0.1) is 12.0 Å². The highest BCUT2D eigenvalue weighted by atomic mass is 35.5. The average molecular weight is 685 g/mol. The summed E-state index contributed by atoms with van der Waals surface area (Å²) in [6.07, 6.45) is -0.0625. The Morgan fingerprint density at radius 1 is 0.792 bits per heavy atom. The second kappa shape index (κ2) is 16.1. The molecular formula is C37H33ClN2O7S. The smallest absolute Gasteiger partial charge is 0.341 e. The molecule has 0 radical (unpaired) electrons. The maximum absolute atomic E-state index is 13.4. The number of hydrogen-bond donors (Lipinski definition) is 2. The second-order valence-electron chi connectivity index (χ2n) is 10.7. The van der Waals surface area contributed by atoms with Crippen molar-refractivity contribution in [3.63, 3.8) is 0 Å². The van der Waals surface area contributed by atoms with E-state index in [9.17, 15) is 18.0 Å². The predicted molar refractivity (Wildman–Crippen MR) is 184 cm³/mol. The van der Waals surface area contributed by atoms with E-state index in [0.29, 0.717) is 22.2 Å². The number of methoxy groups -OCH3 is 1. The van der Waals surface area contributed by atoms with Gasteiger partial charge in [-0.05, 0) is 71.8 Å². The number of rotatable bonds is 14. The summed E-state index contributed by atoms with van der Waals surface area (Å²) in [4.78, 5) is 25.8. The number of benzene rings is 5. The topological polar surface area (TPSA) is 120 Å². The molecule has 9 nitrogen and oxygen atoms in total. The molecule has 0 saturated carbocycles. The lowest BCUT2D eigenvalue weighted by Crippen LogP contribution is -2.30. The minimum Gasteiger partial charge on any atom is -0.488 e. The van der Waals surface area contributed by atoms with Gasteiger partial charge in [0, 0.05) is 35.7 Å². The lowest BCUT2D eigenvalue weighted by Gasteiger charge is -2.19. The number of amides is 1. The fourth-order valence-electron chi connectivity index (χ4n) is 4.82. The molecule has 5 aromatic rings. The largest absolute Gasteiger partial charge is 0.488 e. The highest BCUT2D eigenvalue weighted by molar-refractivity contribution is 7.89. The van der Waals surface area contributed by atoms with Crippen LogP contribution in [0.5, 0.6) is 17.2 Å². The zero-order chi connectivity index (χ0) is 33.9. The lowest BCUT2D eigenvalue weighted by molar-refractivity contribution is -0.116. The van der Waals surface area contributed by atoms with Gasteiger partial charge in [0.15, 0.2) is 0 Å². The Morgan fingerprint density at radius 2 is 1.44 bits per heavy atom. The summed E-state index contributed by atoms with van der Waals surface area (Å²) in [5.41, 5.74) is 2.22. The molecule has 1 unspecified atom stereocenters. The summed E-state index contributed by atoms with van der Waals surface area (Å²) in [7, 11) is -2.65. The number of para-hydroxylation sites is 1. The molecule has 0 aromatic heterocycles. The van der Waals surface area contributed by atoms with Crippen molar-refractivity contribution >= 4 is 39.2 Å².